The van der Waals surface area contributed by atoms with Crippen LogP contribution in [0.3, 0.4) is 0 Å². The molecule has 0 saturated heterocycles. The molecule has 14 heavy (non-hydrogen) atoms. The van der Waals surface area contributed by atoms with Crippen molar-refractivity contribution in [1.29, 1.82) is 0 Å². The van der Waals surface area contributed by atoms with Gasteiger partial charge in [-0.3, -0.25) is 0 Å². The zero-order chi connectivity index (χ0) is 10.2. The van der Waals surface area contributed by atoms with E-state index in [1.54, 1.807) is 0 Å². The molecule has 0 aromatic heterocycles. The molecule has 0 aliphatic heterocycles. The number of hydrogen-bond donors (Lipinski definition) is 0. The smallest absolute Gasteiger partial charge is 0.0466 e. The molecule has 1 rings (SSSR count). The molecule has 0 saturated carbocycles. The van der Waals surface area contributed by atoms with E-state index in [9.17, 15) is 0 Å². The van der Waals surface area contributed by atoms with Crippen LogP contribution in [0.4, 0.5) is 0 Å². The van der Waals surface area contributed by atoms with Crippen molar-refractivity contribution in [3.8, 4) is 0 Å². The molecule has 0 N–H and O–H groups in total. The second kappa shape index (κ2) is 6.61. The second-order valence-corrected chi connectivity index (χ2v) is 3.64. The summed E-state index contributed by atoms with van der Waals surface area (Å²) in [7, 11) is 0. The Hall–Kier alpha value is -0.820. The number of rotatable bonds is 6. The summed E-state index contributed by atoms with van der Waals surface area (Å²) in [5.74, 6) is 0. The van der Waals surface area contributed by atoms with Crippen LogP contribution >= 0.6 is 0 Å². The Balaban J connectivity index is 2.18. The Bertz CT molecular complexity index is 255. The molecule has 1 aromatic rings. The normalized spacial score (nSPS) is 10.4. The topological polar surface area (TPSA) is 9.23 Å². The zero-order valence-corrected chi connectivity index (χ0v) is 9.25. The lowest BCUT2D eigenvalue weighted by molar-refractivity contribution is 0.143. The first kappa shape index (κ1) is 11.3. The number of hydrogen-bond acceptors (Lipinski definition) is 1. The molecule has 1 nitrogen and oxygen atoms in total. The van der Waals surface area contributed by atoms with Crippen molar-refractivity contribution >= 4 is 0 Å². The molecule has 0 spiro atoms. The van der Waals surface area contributed by atoms with Crippen molar-refractivity contribution in [3.05, 3.63) is 35.4 Å². The van der Waals surface area contributed by atoms with E-state index in [0.29, 0.717) is 0 Å². The van der Waals surface area contributed by atoms with Crippen LogP contribution in [0.2, 0.25) is 0 Å². The van der Waals surface area contributed by atoms with E-state index < -0.39 is 0 Å². The zero-order valence-electron chi connectivity index (χ0n) is 9.25. The van der Waals surface area contributed by atoms with Crippen LogP contribution in [0.5, 0.6) is 0 Å². The van der Waals surface area contributed by atoms with Gasteiger partial charge in [-0.25, -0.2) is 0 Å². The molecular weight excluding hydrogens is 172 g/mol. The van der Waals surface area contributed by atoms with Crippen molar-refractivity contribution in [1.82, 2.24) is 0 Å². The highest BCUT2D eigenvalue weighted by atomic mass is 16.5. The lowest BCUT2D eigenvalue weighted by Gasteiger charge is -2.03. The van der Waals surface area contributed by atoms with Gasteiger partial charge in [0.15, 0.2) is 0 Å². The van der Waals surface area contributed by atoms with Crippen LogP contribution in [0, 0.1) is 6.92 Å². The maximum atomic E-state index is 5.30. The second-order valence-electron chi connectivity index (χ2n) is 3.64. The molecule has 0 heterocycles. The minimum Gasteiger partial charge on any atom is -0.382 e. The highest BCUT2D eigenvalue weighted by Crippen LogP contribution is 2.07. The maximum Gasteiger partial charge on any atom is 0.0466 e. The molecule has 78 valence electrons. The molecule has 0 aliphatic carbocycles. The summed E-state index contributed by atoms with van der Waals surface area (Å²) in [6.07, 6.45) is 3.57. The van der Waals surface area contributed by atoms with Crippen molar-refractivity contribution in [2.24, 2.45) is 0 Å². The monoisotopic (exact) mass is 192 g/mol. The van der Waals surface area contributed by atoms with Gasteiger partial charge in [-0.2, -0.15) is 0 Å². The third kappa shape index (κ3) is 4.43. The van der Waals surface area contributed by atoms with Crippen LogP contribution in [0.1, 0.15) is 30.9 Å². The van der Waals surface area contributed by atoms with E-state index in [-0.39, 0.29) is 0 Å². The van der Waals surface area contributed by atoms with Gasteiger partial charge in [0.2, 0.25) is 0 Å². The van der Waals surface area contributed by atoms with E-state index in [0.717, 1.165) is 13.2 Å². The Labute approximate surface area is 87.1 Å². The third-order valence-electron chi connectivity index (χ3n) is 2.29. The fourth-order valence-corrected chi connectivity index (χ4v) is 1.55. The highest BCUT2D eigenvalue weighted by molar-refractivity contribution is 5.22. The molecule has 0 atom stereocenters. The lowest BCUT2D eigenvalue weighted by atomic mass is 10.1. The third-order valence-corrected chi connectivity index (χ3v) is 2.29. The van der Waals surface area contributed by atoms with E-state index in [1.165, 1.54) is 30.4 Å². The quantitative estimate of drug-likeness (QED) is 0.628. The first-order valence-corrected chi connectivity index (χ1v) is 5.46. The molecule has 0 fully saturated rings. The van der Waals surface area contributed by atoms with Crippen LogP contribution in [-0.2, 0) is 11.2 Å². The number of benzene rings is 1. The number of aryl methyl sites for hydroxylation is 2. The predicted molar refractivity (Wildman–Crippen MR) is 60.6 cm³/mol. The summed E-state index contributed by atoms with van der Waals surface area (Å²) in [5.41, 5.74) is 2.80. The van der Waals surface area contributed by atoms with Gasteiger partial charge in [0.1, 0.15) is 0 Å². The minimum absolute atomic E-state index is 0.838. The van der Waals surface area contributed by atoms with E-state index in [4.69, 9.17) is 4.74 Å². The average Bonchev–Trinajstić information content (AvgIpc) is 2.18. The molecule has 0 unspecified atom stereocenters. The van der Waals surface area contributed by atoms with Gasteiger partial charge in [0.25, 0.3) is 0 Å². The van der Waals surface area contributed by atoms with Crippen LogP contribution in [-0.4, -0.2) is 13.2 Å². The summed E-state index contributed by atoms with van der Waals surface area (Å²) < 4.78 is 5.30. The Kier molecular flexibility index (Phi) is 5.31. The molecule has 1 heteroatoms. The minimum atomic E-state index is 0.838. The maximum absolute atomic E-state index is 5.30. The summed E-state index contributed by atoms with van der Waals surface area (Å²) in [6, 6.07) is 8.74. The van der Waals surface area contributed by atoms with Crippen molar-refractivity contribution in [2.45, 2.75) is 33.1 Å². The van der Waals surface area contributed by atoms with E-state index in [2.05, 4.69) is 31.2 Å². The summed E-state index contributed by atoms with van der Waals surface area (Å²) in [5, 5.41) is 0. The van der Waals surface area contributed by atoms with E-state index in [1.807, 2.05) is 6.92 Å². The Morgan fingerprint density at radius 1 is 1.21 bits per heavy atom. The van der Waals surface area contributed by atoms with Gasteiger partial charge in [0, 0.05) is 13.2 Å². The average molecular weight is 192 g/mol. The fourth-order valence-electron chi connectivity index (χ4n) is 1.55. The predicted octanol–water partition coefficient (Wildman–Crippen LogP) is 3.35. The molecular formula is C13H20O. The Morgan fingerprint density at radius 3 is 2.79 bits per heavy atom. The number of unbranched alkanes of at least 4 members (excludes halogenated alkanes) is 1. The van der Waals surface area contributed by atoms with Crippen LogP contribution < -0.4 is 0 Å². The molecule has 0 amide bonds. The summed E-state index contributed by atoms with van der Waals surface area (Å²) in [4.78, 5) is 0. The van der Waals surface area contributed by atoms with Gasteiger partial charge in [-0.15, -0.1) is 0 Å². The SMILES string of the molecule is CCOCCCCc1cccc(C)c1. The van der Waals surface area contributed by atoms with Gasteiger partial charge in [0.05, 0.1) is 0 Å². The van der Waals surface area contributed by atoms with Crippen LogP contribution in [0.25, 0.3) is 0 Å². The summed E-state index contributed by atoms with van der Waals surface area (Å²) in [6.45, 7) is 5.93. The van der Waals surface area contributed by atoms with Gasteiger partial charge in [-0.05, 0) is 38.7 Å². The van der Waals surface area contributed by atoms with Gasteiger partial charge in [-0.1, -0.05) is 29.8 Å². The van der Waals surface area contributed by atoms with Crippen molar-refractivity contribution < 1.29 is 4.74 Å². The largest absolute Gasteiger partial charge is 0.382 e. The molecule has 0 bridgehead atoms. The standard InChI is InChI=1S/C13H20O/c1-3-14-10-5-4-8-13-9-6-7-12(2)11-13/h6-7,9,11H,3-5,8,10H2,1-2H3. The first-order valence-electron chi connectivity index (χ1n) is 5.46. The Morgan fingerprint density at radius 2 is 2.07 bits per heavy atom. The van der Waals surface area contributed by atoms with E-state index >= 15 is 0 Å². The highest BCUT2D eigenvalue weighted by Gasteiger charge is 1.93. The molecule has 0 aliphatic rings. The fraction of sp³-hybridized carbons (Fsp3) is 0.538. The van der Waals surface area contributed by atoms with Crippen LogP contribution in [0.15, 0.2) is 24.3 Å². The van der Waals surface area contributed by atoms with Crippen molar-refractivity contribution in [2.75, 3.05) is 13.2 Å². The molecule has 1 aromatic carbocycles. The van der Waals surface area contributed by atoms with Gasteiger partial charge >= 0.3 is 0 Å². The number of ether oxygens (including phenoxy) is 1. The first-order chi connectivity index (χ1) is 6.83. The van der Waals surface area contributed by atoms with Gasteiger partial charge < -0.3 is 4.74 Å². The van der Waals surface area contributed by atoms with Crippen molar-refractivity contribution in [3.63, 3.8) is 0 Å². The summed E-state index contributed by atoms with van der Waals surface area (Å²) >= 11 is 0. The molecule has 0 radical (unpaired) electrons. The lowest BCUT2D eigenvalue weighted by Crippen LogP contribution is -1.94.